The van der Waals surface area contributed by atoms with Crippen molar-refractivity contribution >= 4 is 11.6 Å². The van der Waals surface area contributed by atoms with Crippen LogP contribution in [0.1, 0.15) is 50.9 Å². The first-order chi connectivity index (χ1) is 7.63. The largest absolute Gasteiger partial charge is 0.271 e. The number of halogens is 1. The number of rotatable bonds is 5. The fourth-order valence-corrected chi connectivity index (χ4v) is 2.30. The van der Waals surface area contributed by atoms with Crippen molar-refractivity contribution in [2.24, 2.45) is 11.8 Å². The third-order valence-corrected chi connectivity index (χ3v) is 3.36. The summed E-state index contributed by atoms with van der Waals surface area (Å²) in [5, 5.41) is 5.01. The molecule has 0 aromatic carbocycles. The number of aromatic nitrogens is 2. The second-order valence-electron chi connectivity index (χ2n) is 4.81. The molecule has 1 saturated carbocycles. The molecule has 16 heavy (non-hydrogen) atoms. The topological polar surface area (TPSA) is 55.9 Å². The van der Waals surface area contributed by atoms with Crippen molar-refractivity contribution in [2.75, 3.05) is 0 Å². The number of hydrogen-bond donors (Lipinski definition) is 2. The van der Waals surface area contributed by atoms with Crippen LogP contribution < -0.4 is 11.3 Å². The van der Waals surface area contributed by atoms with Crippen LogP contribution in [0.2, 0.25) is 5.02 Å². The average molecular weight is 243 g/mol. The van der Waals surface area contributed by atoms with Gasteiger partial charge in [-0.15, -0.1) is 0 Å². The SMILES string of the molecule is CC(C)n1ncc(Cl)c1C(CC1CC1)NN. The zero-order valence-electron chi connectivity index (χ0n) is 9.78. The van der Waals surface area contributed by atoms with Crippen molar-refractivity contribution in [1.29, 1.82) is 0 Å². The van der Waals surface area contributed by atoms with Crippen molar-refractivity contribution in [3.63, 3.8) is 0 Å². The number of nitrogens with zero attached hydrogens (tertiary/aromatic N) is 2. The van der Waals surface area contributed by atoms with Crippen LogP contribution in [0.25, 0.3) is 0 Å². The zero-order chi connectivity index (χ0) is 11.7. The van der Waals surface area contributed by atoms with Crippen LogP contribution in [0, 0.1) is 5.92 Å². The molecule has 1 aliphatic carbocycles. The molecule has 0 saturated heterocycles. The van der Waals surface area contributed by atoms with E-state index in [0.717, 1.165) is 18.0 Å². The Labute approximate surface area is 101 Å². The lowest BCUT2D eigenvalue weighted by Gasteiger charge is -2.20. The Bertz CT molecular complexity index is 357. The van der Waals surface area contributed by atoms with Gasteiger partial charge in [-0.2, -0.15) is 5.10 Å². The highest BCUT2D eigenvalue weighted by Crippen LogP contribution is 2.39. The summed E-state index contributed by atoms with van der Waals surface area (Å²) < 4.78 is 1.95. The number of nitrogens with two attached hydrogens (primary N) is 1. The summed E-state index contributed by atoms with van der Waals surface area (Å²) in [6.07, 6.45) is 5.37. The number of hydrogen-bond acceptors (Lipinski definition) is 3. The Morgan fingerprint density at radius 3 is 2.81 bits per heavy atom. The summed E-state index contributed by atoms with van der Waals surface area (Å²) in [6.45, 7) is 4.19. The molecule has 90 valence electrons. The Balaban J connectivity index is 2.23. The molecule has 0 aliphatic heterocycles. The van der Waals surface area contributed by atoms with E-state index >= 15 is 0 Å². The van der Waals surface area contributed by atoms with Crippen molar-refractivity contribution in [3.05, 3.63) is 16.9 Å². The molecule has 1 aromatic heterocycles. The molecule has 1 aromatic rings. The van der Waals surface area contributed by atoms with Crippen LogP contribution in [0.3, 0.4) is 0 Å². The Morgan fingerprint density at radius 2 is 2.31 bits per heavy atom. The van der Waals surface area contributed by atoms with Crippen LogP contribution in [0.5, 0.6) is 0 Å². The van der Waals surface area contributed by atoms with E-state index < -0.39 is 0 Å². The molecule has 0 spiro atoms. The average Bonchev–Trinajstić information content (AvgIpc) is 2.97. The van der Waals surface area contributed by atoms with E-state index in [4.69, 9.17) is 17.4 Å². The highest BCUT2D eigenvalue weighted by atomic mass is 35.5. The summed E-state index contributed by atoms with van der Waals surface area (Å²) in [6, 6.07) is 0.419. The van der Waals surface area contributed by atoms with Gasteiger partial charge in [-0.05, 0) is 26.2 Å². The predicted octanol–water partition coefficient (Wildman–Crippen LogP) is 2.42. The summed E-state index contributed by atoms with van der Waals surface area (Å²) in [5.74, 6) is 6.43. The molecule has 1 heterocycles. The molecule has 2 rings (SSSR count). The first-order valence-corrected chi connectivity index (χ1v) is 6.20. The van der Waals surface area contributed by atoms with Gasteiger partial charge in [-0.1, -0.05) is 24.4 Å². The summed E-state index contributed by atoms with van der Waals surface area (Å²) >= 11 is 6.19. The van der Waals surface area contributed by atoms with Gasteiger partial charge in [-0.25, -0.2) is 0 Å². The molecular weight excluding hydrogens is 224 g/mol. The molecule has 1 fully saturated rings. The second-order valence-corrected chi connectivity index (χ2v) is 5.22. The minimum atomic E-state index is 0.116. The maximum atomic E-state index is 6.19. The van der Waals surface area contributed by atoms with Crippen molar-refractivity contribution < 1.29 is 0 Å². The molecule has 4 nitrogen and oxygen atoms in total. The monoisotopic (exact) mass is 242 g/mol. The maximum Gasteiger partial charge on any atom is 0.0834 e. The summed E-state index contributed by atoms with van der Waals surface area (Å²) in [5.41, 5.74) is 3.89. The lowest BCUT2D eigenvalue weighted by atomic mass is 10.1. The van der Waals surface area contributed by atoms with E-state index in [1.165, 1.54) is 12.8 Å². The lowest BCUT2D eigenvalue weighted by molar-refractivity contribution is 0.420. The Hall–Kier alpha value is -0.580. The first kappa shape index (κ1) is 11.9. The van der Waals surface area contributed by atoms with Gasteiger partial charge in [0.2, 0.25) is 0 Å². The van der Waals surface area contributed by atoms with Crippen molar-refractivity contribution in [2.45, 2.75) is 45.2 Å². The number of hydrazine groups is 1. The van der Waals surface area contributed by atoms with Gasteiger partial charge in [-0.3, -0.25) is 16.0 Å². The van der Waals surface area contributed by atoms with E-state index in [1.54, 1.807) is 6.20 Å². The fourth-order valence-electron chi connectivity index (χ4n) is 2.03. The zero-order valence-corrected chi connectivity index (χ0v) is 10.5. The normalized spacial score (nSPS) is 18.1. The molecule has 3 N–H and O–H groups in total. The smallest absolute Gasteiger partial charge is 0.0834 e. The molecule has 5 heteroatoms. The summed E-state index contributed by atoms with van der Waals surface area (Å²) in [7, 11) is 0. The van der Waals surface area contributed by atoms with E-state index in [1.807, 2.05) is 4.68 Å². The minimum Gasteiger partial charge on any atom is -0.271 e. The van der Waals surface area contributed by atoms with Gasteiger partial charge in [0.15, 0.2) is 0 Å². The van der Waals surface area contributed by atoms with Crippen molar-refractivity contribution in [3.8, 4) is 0 Å². The van der Waals surface area contributed by atoms with Gasteiger partial charge in [0.1, 0.15) is 0 Å². The predicted molar refractivity (Wildman–Crippen MR) is 65.0 cm³/mol. The molecule has 0 amide bonds. The molecule has 1 aliphatic rings. The van der Waals surface area contributed by atoms with Crippen LogP contribution >= 0.6 is 11.6 Å². The Morgan fingerprint density at radius 1 is 1.62 bits per heavy atom. The van der Waals surface area contributed by atoms with Crippen molar-refractivity contribution in [1.82, 2.24) is 15.2 Å². The highest BCUT2D eigenvalue weighted by molar-refractivity contribution is 6.31. The maximum absolute atomic E-state index is 6.19. The molecule has 0 bridgehead atoms. The van der Waals surface area contributed by atoms with Gasteiger partial charge >= 0.3 is 0 Å². The van der Waals surface area contributed by atoms with Crippen LogP contribution in [0.4, 0.5) is 0 Å². The van der Waals surface area contributed by atoms with Crippen LogP contribution in [-0.4, -0.2) is 9.78 Å². The Kier molecular flexibility index (Phi) is 3.52. The van der Waals surface area contributed by atoms with E-state index in [0.29, 0.717) is 11.1 Å². The lowest BCUT2D eigenvalue weighted by Crippen LogP contribution is -2.31. The van der Waals surface area contributed by atoms with E-state index in [9.17, 15) is 0 Å². The van der Waals surface area contributed by atoms with Gasteiger partial charge < -0.3 is 0 Å². The van der Waals surface area contributed by atoms with Gasteiger partial charge in [0.25, 0.3) is 0 Å². The minimum absolute atomic E-state index is 0.116. The standard InChI is InChI=1S/C11H19ClN4/c1-7(2)16-11(9(12)6-14-16)10(15-13)5-8-3-4-8/h6-8,10,15H,3-5,13H2,1-2H3. The molecular formula is C11H19ClN4. The van der Waals surface area contributed by atoms with E-state index in [-0.39, 0.29) is 6.04 Å². The number of nitrogens with one attached hydrogen (secondary N) is 1. The third kappa shape index (κ3) is 2.39. The highest BCUT2D eigenvalue weighted by Gasteiger charge is 2.29. The third-order valence-electron chi connectivity index (χ3n) is 3.07. The van der Waals surface area contributed by atoms with Gasteiger partial charge in [0.05, 0.1) is 23.0 Å². The molecule has 1 unspecified atom stereocenters. The molecule has 0 radical (unpaired) electrons. The quantitative estimate of drug-likeness (QED) is 0.616. The van der Waals surface area contributed by atoms with E-state index in [2.05, 4.69) is 24.4 Å². The van der Waals surface area contributed by atoms with Crippen LogP contribution in [-0.2, 0) is 0 Å². The first-order valence-electron chi connectivity index (χ1n) is 5.82. The molecule has 1 atom stereocenters. The second kappa shape index (κ2) is 4.73. The van der Waals surface area contributed by atoms with Crippen LogP contribution in [0.15, 0.2) is 6.20 Å². The summed E-state index contributed by atoms with van der Waals surface area (Å²) in [4.78, 5) is 0. The van der Waals surface area contributed by atoms with Gasteiger partial charge in [0, 0.05) is 6.04 Å². The fraction of sp³-hybridized carbons (Fsp3) is 0.727.